The van der Waals surface area contributed by atoms with Gasteiger partial charge in [-0.15, -0.1) is 0 Å². The smallest absolute Gasteiger partial charge is 0.342 e. The lowest BCUT2D eigenvalue weighted by molar-refractivity contribution is -0.248. The third-order valence-corrected chi connectivity index (χ3v) is 9.20. The van der Waals surface area contributed by atoms with Crippen LogP contribution in [0.2, 0.25) is 0 Å². The van der Waals surface area contributed by atoms with Gasteiger partial charge in [0.15, 0.2) is 23.4 Å². The van der Waals surface area contributed by atoms with E-state index in [-0.39, 0.29) is 12.0 Å². The number of carbonyl (C=O) groups is 5. The Balaban J connectivity index is 2.09. The molecule has 1 saturated carbocycles. The molecule has 2 aliphatic carbocycles. The van der Waals surface area contributed by atoms with Gasteiger partial charge in [0.25, 0.3) is 0 Å². The van der Waals surface area contributed by atoms with E-state index in [4.69, 9.17) is 28.4 Å². The number of fused-ring (bicyclic) bond motifs is 1. The maximum atomic E-state index is 13.1. The first kappa shape index (κ1) is 30.9. The third-order valence-electron chi connectivity index (χ3n) is 9.20. The van der Waals surface area contributed by atoms with Crippen molar-refractivity contribution in [1.29, 1.82) is 0 Å². The second kappa shape index (κ2) is 10.4. The van der Waals surface area contributed by atoms with Crippen molar-refractivity contribution >= 4 is 29.8 Å². The highest BCUT2D eigenvalue weighted by molar-refractivity contribution is 5.89. The molecule has 41 heavy (non-hydrogen) atoms. The highest BCUT2D eigenvalue weighted by atomic mass is 16.7. The van der Waals surface area contributed by atoms with Gasteiger partial charge in [0.05, 0.1) is 11.5 Å². The Kier molecular flexibility index (Phi) is 7.81. The van der Waals surface area contributed by atoms with Gasteiger partial charge in [0.1, 0.15) is 24.4 Å². The largest absolute Gasteiger partial charge is 0.462 e. The predicted octanol–water partition coefficient (Wildman–Crippen LogP) is 0.510. The van der Waals surface area contributed by atoms with Crippen LogP contribution in [-0.4, -0.2) is 94.0 Å². The highest BCUT2D eigenvalue weighted by Gasteiger charge is 2.87. The average molecular weight is 583 g/mol. The number of aliphatic hydroxyl groups is 2. The number of hydrogen-bond acceptors (Lipinski definition) is 13. The molecule has 0 unspecified atom stereocenters. The number of ether oxygens (including phenoxy) is 6. The quantitative estimate of drug-likeness (QED) is 0.202. The van der Waals surface area contributed by atoms with Crippen LogP contribution in [0.25, 0.3) is 0 Å². The van der Waals surface area contributed by atoms with E-state index in [1.54, 1.807) is 13.8 Å². The van der Waals surface area contributed by atoms with Crippen LogP contribution in [0, 0.1) is 17.3 Å². The summed E-state index contributed by atoms with van der Waals surface area (Å²) in [5.74, 6) is -5.56. The molecule has 228 valence electrons. The Bertz CT molecular complexity index is 1180. The molecule has 13 nitrogen and oxygen atoms in total. The lowest BCUT2D eigenvalue weighted by Crippen LogP contribution is -2.69. The SMILES string of the molecule is CC(=O)O[C@@H]1/C(C)=C\[C@@H]2OC(=O)[C@@]3(C)O[C@]23[C@@H](OC(C)=O)[C@H]2[C@@H](C)[C@@H](O)C[C@H](OC(C)=O)[C@]2(C)[C@@H](OC(C)=O)[C@H]1O. The van der Waals surface area contributed by atoms with E-state index in [2.05, 4.69) is 0 Å². The fraction of sp³-hybridized carbons (Fsp3) is 0.750. The average Bonchev–Trinajstić information content (AvgIpc) is 3.43. The van der Waals surface area contributed by atoms with E-state index in [0.717, 1.165) is 20.8 Å². The fourth-order valence-electron chi connectivity index (χ4n) is 7.32. The first-order valence-corrected chi connectivity index (χ1v) is 13.6. The second-order valence-electron chi connectivity index (χ2n) is 11.9. The molecule has 3 fully saturated rings. The van der Waals surface area contributed by atoms with Crippen LogP contribution in [-0.2, 0) is 52.4 Å². The summed E-state index contributed by atoms with van der Waals surface area (Å²) in [5.41, 5.74) is -4.55. The molecule has 0 amide bonds. The molecule has 2 N–H and O–H groups in total. The number of aliphatic hydroxyl groups excluding tert-OH is 2. The normalized spacial score (nSPS) is 46.2. The van der Waals surface area contributed by atoms with Gasteiger partial charge in [-0.3, -0.25) is 19.2 Å². The van der Waals surface area contributed by atoms with Crippen molar-refractivity contribution < 1.29 is 62.6 Å². The summed E-state index contributed by atoms with van der Waals surface area (Å²) in [5, 5.41) is 23.1. The van der Waals surface area contributed by atoms with Crippen LogP contribution in [0.3, 0.4) is 0 Å². The number of esters is 5. The molecule has 2 aliphatic heterocycles. The Morgan fingerprint density at radius 2 is 1.44 bits per heavy atom. The first-order valence-electron chi connectivity index (χ1n) is 13.6. The second-order valence-corrected chi connectivity index (χ2v) is 11.9. The van der Waals surface area contributed by atoms with E-state index in [0.29, 0.717) is 0 Å². The van der Waals surface area contributed by atoms with Crippen LogP contribution in [0.4, 0.5) is 0 Å². The zero-order valence-electron chi connectivity index (χ0n) is 24.4. The van der Waals surface area contributed by atoms with Crippen molar-refractivity contribution in [2.75, 3.05) is 0 Å². The Morgan fingerprint density at radius 3 is 1.95 bits per heavy atom. The molecule has 2 saturated heterocycles. The molecular weight excluding hydrogens is 544 g/mol. The molecule has 0 aromatic rings. The molecule has 0 radical (unpaired) electrons. The van der Waals surface area contributed by atoms with Crippen LogP contribution < -0.4 is 0 Å². The van der Waals surface area contributed by atoms with Crippen LogP contribution in [0.15, 0.2) is 11.6 Å². The summed E-state index contributed by atoms with van der Waals surface area (Å²) in [6, 6.07) is 0. The standard InChI is InChI=1S/C28H38O13/c1-11-9-19-28(27(8,41-28)25(35)40-19)23(38-15(5)31)20-12(2)17(33)10-18(36-13(3)29)26(20,7)24(39-16(6)32)21(34)22(11)37-14(4)30/h9,12,17-24,33-34H,10H2,1-8H3/b11-9-/t12-,17-,18-,19-,20+,21-,22+,23-,24-,26-,27+,28-/m0/s1. The minimum absolute atomic E-state index is 0.123. The number of rotatable bonds is 4. The molecule has 0 aromatic heterocycles. The highest BCUT2D eigenvalue weighted by Crippen LogP contribution is 2.65. The Morgan fingerprint density at radius 1 is 0.902 bits per heavy atom. The molecule has 12 atom stereocenters. The van der Waals surface area contributed by atoms with Crippen molar-refractivity contribution in [3.63, 3.8) is 0 Å². The summed E-state index contributed by atoms with van der Waals surface area (Å²) < 4.78 is 34.7. The lowest BCUT2D eigenvalue weighted by Gasteiger charge is -2.57. The molecule has 2 heterocycles. The Hall–Kier alpha value is -3.03. The van der Waals surface area contributed by atoms with Gasteiger partial charge in [-0.25, -0.2) is 4.79 Å². The van der Waals surface area contributed by atoms with E-state index < -0.39 is 101 Å². The van der Waals surface area contributed by atoms with E-state index in [1.807, 2.05) is 0 Å². The van der Waals surface area contributed by atoms with E-state index in [9.17, 15) is 34.2 Å². The minimum atomic E-state index is -1.73. The summed E-state index contributed by atoms with van der Waals surface area (Å²) in [4.78, 5) is 62.8. The molecule has 1 spiro atoms. The monoisotopic (exact) mass is 582 g/mol. The van der Waals surface area contributed by atoms with Gasteiger partial charge in [-0.1, -0.05) is 13.8 Å². The van der Waals surface area contributed by atoms with Gasteiger partial charge in [-0.05, 0) is 31.4 Å². The van der Waals surface area contributed by atoms with Gasteiger partial charge in [0, 0.05) is 40.0 Å². The Labute approximate surface area is 237 Å². The van der Waals surface area contributed by atoms with Gasteiger partial charge < -0.3 is 38.6 Å². The third kappa shape index (κ3) is 4.71. The molecule has 4 rings (SSSR count). The van der Waals surface area contributed by atoms with Crippen molar-refractivity contribution in [2.45, 2.75) is 116 Å². The number of carbonyl (C=O) groups excluding carboxylic acids is 5. The summed E-state index contributed by atoms with van der Waals surface area (Å²) in [7, 11) is 0. The summed E-state index contributed by atoms with van der Waals surface area (Å²) in [6.07, 6.45) is -8.15. The van der Waals surface area contributed by atoms with Crippen molar-refractivity contribution in [3.8, 4) is 0 Å². The van der Waals surface area contributed by atoms with E-state index >= 15 is 0 Å². The zero-order valence-corrected chi connectivity index (χ0v) is 24.4. The summed E-state index contributed by atoms with van der Waals surface area (Å²) >= 11 is 0. The number of epoxide rings is 1. The van der Waals surface area contributed by atoms with Crippen molar-refractivity contribution in [1.82, 2.24) is 0 Å². The van der Waals surface area contributed by atoms with Gasteiger partial charge in [0.2, 0.25) is 0 Å². The molecule has 0 bridgehead atoms. The fourth-order valence-corrected chi connectivity index (χ4v) is 7.32. The minimum Gasteiger partial charge on any atom is -0.462 e. The molecule has 0 aromatic carbocycles. The van der Waals surface area contributed by atoms with Crippen LogP contribution in [0.5, 0.6) is 0 Å². The van der Waals surface area contributed by atoms with E-state index in [1.165, 1.54) is 26.8 Å². The molecule has 4 aliphatic rings. The first-order chi connectivity index (χ1) is 18.9. The van der Waals surface area contributed by atoms with Crippen LogP contribution >= 0.6 is 0 Å². The number of hydrogen-bond donors (Lipinski definition) is 2. The lowest BCUT2D eigenvalue weighted by atomic mass is 9.52. The van der Waals surface area contributed by atoms with Gasteiger partial charge in [-0.2, -0.15) is 0 Å². The summed E-state index contributed by atoms with van der Waals surface area (Å²) in [6.45, 7) is 10.9. The predicted molar refractivity (Wildman–Crippen MR) is 135 cm³/mol. The maximum Gasteiger partial charge on any atom is 0.342 e. The maximum absolute atomic E-state index is 13.1. The molecular formula is C28H38O13. The zero-order chi connectivity index (χ0) is 30.8. The van der Waals surface area contributed by atoms with Crippen molar-refractivity contribution in [3.05, 3.63) is 11.6 Å². The topological polar surface area (TPSA) is 184 Å². The molecule has 13 heteroatoms. The van der Waals surface area contributed by atoms with Crippen molar-refractivity contribution in [2.24, 2.45) is 17.3 Å². The van der Waals surface area contributed by atoms with Gasteiger partial charge >= 0.3 is 29.8 Å². The van der Waals surface area contributed by atoms with Crippen LogP contribution in [0.1, 0.15) is 61.8 Å².